The number of carbonyl (C=O) groups is 1. The maximum atomic E-state index is 12.1. The Hall–Kier alpha value is -2.16. The third kappa shape index (κ3) is 3.48. The fourth-order valence-electron chi connectivity index (χ4n) is 1.83. The lowest BCUT2D eigenvalue weighted by Crippen LogP contribution is -2.25. The number of nitrogens with two attached hydrogens (primary N) is 1. The summed E-state index contributed by atoms with van der Waals surface area (Å²) < 4.78 is 1.63. The van der Waals surface area contributed by atoms with Crippen LogP contribution in [-0.2, 0) is 13.5 Å². The molecule has 8 nitrogen and oxygen atoms in total. The first kappa shape index (κ1) is 13.8. The zero-order valence-corrected chi connectivity index (χ0v) is 12.5. The van der Waals surface area contributed by atoms with Gasteiger partial charge < -0.3 is 16.4 Å². The minimum absolute atomic E-state index is 0.204. The predicted molar refractivity (Wildman–Crippen MR) is 80.2 cm³/mol. The van der Waals surface area contributed by atoms with Gasteiger partial charge in [-0.2, -0.15) is 5.10 Å². The van der Waals surface area contributed by atoms with Crippen LogP contribution in [0.1, 0.15) is 28.3 Å². The molecule has 4 N–H and O–H groups in total. The number of hydrogen-bond donors (Lipinski definition) is 3. The van der Waals surface area contributed by atoms with Crippen LogP contribution >= 0.6 is 11.3 Å². The first-order valence-electron chi connectivity index (χ1n) is 6.77. The standard InChI is InChI=1S/C12H17N7OS/c1-19-6-15-8(18-19)4-5-14-11(20)9-10(13)17-12(21-9)16-7-2-3-7/h6-7H,2-5,13H2,1H3,(H,14,20)(H,16,17). The minimum atomic E-state index is -0.204. The third-order valence-electron chi connectivity index (χ3n) is 3.05. The van der Waals surface area contributed by atoms with Crippen molar-refractivity contribution in [3.8, 4) is 0 Å². The topological polar surface area (TPSA) is 111 Å². The van der Waals surface area contributed by atoms with E-state index < -0.39 is 0 Å². The van der Waals surface area contributed by atoms with Gasteiger partial charge in [-0.1, -0.05) is 11.3 Å². The summed E-state index contributed by atoms with van der Waals surface area (Å²) >= 11 is 1.29. The largest absolute Gasteiger partial charge is 0.382 e. The fourth-order valence-corrected chi connectivity index (χ4v) is 2.70. The molecule has 1 aliphatic carbocycles. The van der Waals surface area contributed by atoms with Crippen LogP contribution in [0.2, 0.25) is 0 Å². The molecule has 2 aromatic rings. The molecule has 2 aromatic heterocycles. The van der Waals surface area contributed by atoms with Crippen molar-refractivity contribution in [1.82, 2.24) is 25.1 Å². The zero-order valence-electron chi connectivity index (χ0n) is 11.7. The Morgan fingerprint density at radius 1 is 1.57 bits per heavy atom. The molecule has 0 aliphatic heterocycles. The second-order valence-corrected chi connectivity index (χ2v) is 5.99. The molecule has 0 unspecified atom stereocenters. The number of carbonyl (C=O) groups excluding carboxylic acids is 1. The van der Waals surface area contributed by atoms with Crippen LogP contribution < -0.4 is 16.4 Å². The summed E-state index contributed by atoms with van der Waals surface area (Å²) in [6.45, 7) is 0.464. The highest BCUT2D eigenvalue weighted by atomic mass is 32.1. The van der Waals surface area contributed by atoms with Gasteiger partial charge in [-0.3, -0.25) is 9.48 Å². The molecule has 1 aliphatic rings. The van der Waals surface area contributed by atoms with Crippen LogP contribution in [0.25, 0.3) is 0 Å². The van der Waals surface area contributed by atoms with Crippen molar-refractivity contribution in [2.24, 2.45) is 7.05 Å². The molecule has 0 bridgehead atoms. The Kier molecular flexibility index (Phi) is 3.74. The van der Waals surface area contributed by atoms with Gasteiger partial charge in [0.2, 0.25) is 0 Å². The molecule has 1 fully saturated rings. The van der Waals surface area contributed by atoms with Crippen molar-refractivity contribution in [2.45, 2.75) is 25.3 Å². The minimum Gasteiger partial charge on any atom is -0.382 e. The number of anilines is 2. The van der Waals surface area contributed by atoms with Crippen molar-refractivity contribution >= 4 is 28.2 Å². The Labute approximate surface area is 125 Å². The molecule has 0 radical (unpaired) electrons. The fraction of sp³-hybridized carbons (Fsp3) is 0.500. The van der Waals surface area contributed by atoms with Crippen LogP contribution in [0.4, 0.5) is 10.9 Å². The molecule has 0 saturated heterocycles. The highest BCUT2D eigenvalue weighted by molar-refractivity contribution is 7.18. The number of nitrogens with zero attached hydrogens (tertiary/aromatic N) is 4. The Morgan fingerprint density at radius 2 is 2.38 bits per heavy atom. The number of nitrogens with one attached hydrogen (secondary N) is 2. The van der Waals surface area contributed by atoms with Crippen molar-refractivity contribution in [3.05, 3.63) is 17.0 Å². The molecule has 9 heteroatoms. The van der Waals surface area contributed by atoms with E-state index in [0.29, 0.717) is 34.8 Å². The van der Waals surface area contributed by atoms with E-state index in [1.165, 1.54) is 11.3 Å². The van der Waals surface area contributed by atoms with Gasteiger partial charge in [0.25, 0.3) is 5.91 Å². The average molecular weight is 307 g/mol. The van der Waals surface area contributed by atoms with E-state index in [1.807, 2.05) is 7.05 Å². The summed E-state index contributed by atoms with van der Waals surface area (Å²) in [5.41, 5.74) is 5.80. The van der Waals surface area contributed by atoms with E-state index in [-0.39, 0.29) is 11.7 Å². The molecule has 1 saturated carbocycles. The number of aryl methyl sites for hydroxylation is 1. The Bertz CT molecular complexity index is 646. The molecular weight excluding hydrogens is 290 g/mol. The van der Waals surface area contributed by atoms with Gasteiger partial charge in [-0.15, -0.1) is 0 Å². The lowest BCUT2D eigenvalue weighted by Gasteiger charge is -2.01. The molecular formula is C12H17N7OS. The molecule has 0 aromatic carbocycles. The molecule has 2 heterocycles. The number of aromatic nitrogens is 4. The molecule has 3 rings (SSSR count). The third-order valence-corrected chi connectivity index (χ3v) is 4.05. The summed E-state index contributed by atoms with van der Waals surface area (Å²) in [5.74, 6) is 0.771. The van der Waals surface area contributed by atoms with Crippen LogP contribution in [0.5, 0.6) is 0 Å². The summed E-state index contributed by atoms with van der Waals surface area (Å²) in [5, 5.41) is 10.9. The van der Waals surface area contributed by atoms with Gasteiger partial charge >= 0.3 is 0 Å². The van der Waals surface area contributed by atoms with Gasteiger partial charge in [0.05, 0.1) is 0 Å². The maximum Gasteiger partial charge on any atom is 0.265 e. The highest BCUT2D eigenvalue weighted by Gasteiger charge is 2.24. The first-order valence-corrected chi connectivity index (χ1v) is 7.59. The van der Waals surface area contributed by atoms with E-state index >= 15 is 0 Å². The van der Waals surface area contributed by atoms with Gasteiger partial charge in [-0.05, 0) is 12.8 Å². The molecule has 1 amide bonds. The second kappa shape index (κ2) is 5.68. The maximum absolute atomic E-state index is 12.1. The quantitative estimate of drug-likeness (QED) is 0.712. The molecule has 21 heavy (non-hydrogen) atoms. The number of amides is 1. The van der Waals surface area contributed by atoms with Crippen LogP contribution in [0, 0.1) is 0 Å². The molecule has 0 atom stereocenters. The van der Waals surface area contributed by atoms with Gasteiger partial charge in [0.15, 0.2) is 11.0 Å². The van der Waals surface area contributed by atoms with Crippen LogP contribution in [-0.4, -0.2) is 38.2 Å². The Morgan fingerprint density at radius 3 is 3.05 bits per heavy atom. The SMILES string of the molecule is Cn1cnc(CCNC(=O)c2sc(NC3CC3)nc2N)n1. The number of thiazole rings is 1. The summed E-state index contributed by atoms with van der Waals surface area (Å²) in [7, 11) is 1.81. The van der Waals surface area contributed by atoms with Crippen molar-refractivity contribution in [1.29, 1.82) is 0 Å². The lowest BCUT2D eigenvalue weighted by molar-refractivity contribution is 0.0958. The van der Waals surface area contributed by atoms with E-state index in [2.05, 4.69) is 25.7 Å². The summed E-state index contributed by atoms with van der Waals surface area (Å²) in [4.78, 5) is 20.8. The normalized spacial score (nSPS) is 14.1. The Balaban J connectivity index is 1.53. The van der Waals surface area contributed by atoms with Crippen LogP contribution in [0.3, 0.4) is 0 Å². The first-order chi connectivity index (χ1) is 10.1. The van der Waals surface area contributed by atoms with Gasteiger partial charge in [0.1, 0.15) is 17.0 Å². The van der Waals surface area contributed by atoms with E-state index in [0.717, 1.165) is 12.8 Å². The van der Waals surface area contributed by atoms with Crippen LogP contribution in [0.15, 0.2) is 6.33 Å². The second-order valence-electron chi connectivity index (χ2n) is 4.99. The average Bonchev–Trinajstić information content (AvgIpc) is 3.03. The van der Waals surface area contributed by atoms with Crippen molar-refractivity contribution in [3.63, 3.8) is 0 Å². The van der Waals surface area contributed by atoms with E-state index in [9.17, 15) is 4.79 Å². The van der Waals surface area contributed by atoms with Crippen molar-refractivity contribution in [2.75, 3.05) is 17.6 Å². The molecule has 0 spiro atoms. The molecule has 112 valence electrons. The lowest BCUT2D eigenvalue weighted by atomic mass is 10.4. The monoisotopic (exact) mass is 307 g/mol. The number of nitrogen functional groups attached to an aromatic ring is 1. The predicted octanol–water partition coefficient (Wildman–Crippen LogP) is 0.401. The van der Waals surface area contributed by atoms with E-state index in [1.54, 1.807) is 11.0 Å². The zero-order chi connectivity index (χ0) is 14.8. The number of hydrogen-bond acceptors (Lipinski definition) is 7. The van der Waals surface area contributed by atoms with E-state index in [4.69, 9.17) is 5.73 Å². The highest BCUT2D eigenvalue weighted by Crippen LogP contribution is 2.30. The van der Waals surface area contributed by atoms with Crippen molar-refractivity contribution < 1.29 is 4.79 Å². The summed E-state index contributed by atoms with van der Waals surface area (Å²) in [6.07, 6.45) is 4.52. The number of rotatable bonds is 6. The van der Waals surface area contributed by atoms with Gasteiger partial charge in [-0.25, -0.2) is 9.97 Å². The summed E-state index contributed by atoms with van der Waals surface area (Å²) in [6, 6.07) is 0.488. The smallest absolute Gasteiger partial charge is 0.265 e. The van der Waals surface area contributed by atoms with Gasteiger partial charge in [0, 0.05) is 26.1 Å².